The summed E-state index contributed by atoms with van der Waals surface area (Å²) in [6, 6.07) is -0.0185. The van der Waals surface area contributed by atoms with Crippen LogP contribution in [-0.2, 0) is 10.2 Å². The maximum absolute atomic E-state index is 10.4. The maximum Gasteiger partial charge on any atom is 0.274 e. The molecule has 0 unspecified atom stereocenters. The zero-order valence-electron chi connectivity index (χ0n) is 5.50. The third-order valence-corrected chi connectivity index (χ3v) is 2.05. The van der Waals surface area contributed by atoms with Gasteiger partial charge in [-0.05, 0) is 13.0 Å². The fourth-order valence-corrected chi connectivity index (χ4v) is 1.65. The average Bonchev–Trinajstić information content (AvgIpc) is 2.12. The van der Waals surface area contributed by atoms with Crippen LogP contribution in [0.2, 0.25) is 0 Å². The van der Waals surface area contributed by atoms with Crippen LogP contribution in [-0.4, -0.2) is 27.5 Å². The molecule has 1 fully saturated rings. The molecule has 0 aromatic rings. The molecule has 0 aromatic carbocycles. The Hall–Kier alpha value is -0.170. The van der Waals surface area contributed by atoms with Gasteiger partial charge in [-0.25, -0.2) is 5.14 Å². The Bertz CT molecular complexity index is 195. The first-order chi connectivity index (χ1) is 4.58. The predicted octanol–water partition coefficient (Wildman–Crippen LogP) is -1.86. The van der Waals surface area contributed by atoms with Crippen molar-refractivity contribution in [2.24, 2.45) is 5.14 Å². The van der Waals surface area contributed by atoms with E-state index in [0.29, 0.717) is 6.54 Å². The third kappa shape index (κ3) is 2.61. The van der Waals surface area contributed by atoms with Crippen LogP contribution in [0.1, 0.15) is 6.42 Å². The monoisotopic (exact) mass is 165 g/mol. The van der Waals surface area contributed by atoms with Crippen LogP contribution in [0.4, 0.5) is 0 Å². The highest BCUT2D eigenvalue weighted by molar-refractivity contribution is 7.87. The lowest BCUT2D eigenvalue weighted by Gasteiger charge is -2.06. The van der Waals surface area contributed by atoms with Crippen molar-refractivity contribution in [3.05, 3.63) is 0 Å². The van der Waals surface area contributed by atoms with Gasteiger partial charge >= 0.3 is 0 Å². The molecule has 0 amide bonds. The van der Waals surface area contributed by atoms with Gasteiger partial charge in [-0.1, -0.05) is 0 Å². The minimum absolute atomic E-state index is 0.0185. The van der Waals surface area contributed by atoms with Crippen molar-refractivity contribution in [1.29, 1.82) is 0 Å². The molecule has 1 heterocycles. The van der Waals surface area contributed by atoms with Gasteiger partial charge in [-0.15, -0.1) is 0 Å². The van der Waals surface area contributed by atoms with Crippen LogP contribution in [0.15, 0.2) is 0 Å². The molecule has 0 radical (unpaired) electrons. The van der Waals surface area contributed by atoms with Gasteiger partial charge in [0.25, 0.3) is 10.2 Å². The summed E-state index contributed by atoms with van der Waals surface area (Å²) in [5, 5.41) is 7.76. The third-order valence-electron chi connectivity index (χ3n) is 1.39. The Morgan fingerprint density at radius 3 is 2.70 bits per heavy atom. The van der Waals surface area contributed by atoms with Gasteiger partial charge in [0, 0.05) is 12.6 Å². The largest absolute Gasteiger partial charge is 0.315 e. The molecule has 1 aliphatic heterocycles. The molecule has 60 valence electrons. The van der Waals surface area contributed by atoms with Crippen LogP contribution in [0.25, 0.3) is 0 Å². The summed E-state index contributed by atoms with van der Waals surface area (Å²) < 4.78 is 23.2. The summed E-state index contributed by atoms with van der Waals surface area (Å²) >= 11 is 0. The van der Waals surface area contributed by atoms with Crippen LogP contribution < -0.4 is 15.2 Å². The summed E-state index contributed by atoms with van der Waals surface area (Å²) in [5.74, 6) is 0. The van der Waals surface area contributed by atoms with E-state index in [4.69, 9.17) is 5.14 Å². The number of hydrogen-bond donors (Lipinski definition) is 3. The Morgan fingerprint density at radius 1 is 1.60 bits per heavy atom. The zero-order chi connectivity index (χ0) is 7.61. The Morgan fingerprint density at radius 2 is 2.30 bits per heavy atom. The van der Waals surface area contributed by atoms with Crippen molar-refractivity contribution in [3.63, 3.8) is 0 Å². The van der Waals surface area contributed by atoms with Gasteiger partial charge in [-0.3, -0.25) is 0 Å². The van der Waals surface area contributed by atoms with E-state index in [9.17, 15) is 8.42 Å². The second-order valence-electron chi connectivity index (χ2n) is 2.35. The van der Waals surface area contributed by atoms with E-state index in [1.165, 1.54) is 0 Å². The standard InChI is InChI=1S/C4H11N3O2S/c5-10(8,9)7-4-1-2-6-3-4/h4,6-7H,1-3H2,(H2,5,8,9)/t4-/m0/s1. The number of nitrogens with two attached hydrogens (primary N) is 1. The second-order valence-corrected chi connectivity index (χ2v) is 3.68. The van der Waals surface area contributed by atoms with E-state index in [2.05, 4.69) is 10.0 Å². The molecule has 0 aliphatic carbocycles. The van der Waals surface area contributed by atoms with Crippen molar-refractivity contribution in [1.82, 2.24) is 10.0 Å². The van der Waals surface area contributed by atoms with Gasteiger partial charge in [0.15, 0.2) is 0 Å². The smallest absolute Gasteiger partial charge is 0.274 e. The zero-order valence-corrected chi connectivity index (χ0v) is 6.32. The van der Waals surface area contributed by atoms with Gasteiger partial charge in [0.1, 0.15) is 0 Å². The minimum Gasteiger partial charge on any atom is -0.315 e. The number of hydrogen-bond acceptors (Lipinski definition) is 3. The molecule has 1 aliphatic rings. The van der Waals surface area contributed by atoms with Crippen LogP contribution in [0.5, 0.6) is 0 Å². The van der Waals surface area contributed by atoms with Gasteiger partial charge in [0.05, 0.1) is 0 Å². The maximum atomic E-state index is 10.4. The lowest BCUT2D eigenvalue weighted by molar-refractivity contribution is 0.562. The Labute approximate surface area is 60.2 Å². The van der Waals surface area contributed by atoms with Crippen molar-refractivity contribution in [3.8, 4) is 0 Å². The topological polar surface area (TPSA) is 84.2 Å². The fourth-order valence-electron chi connectivity index (χ4n) is 0.988. The van der Waals surface area contributed by atoms with Crippen molar-refractivity contribution in [2.75, 3.05) is 13.1 Å². The highest BCUT2D eigenvalue weighted by Gasteiger charge is 2.17. The molecular formula is C4H11N3O2S. The molecule has 1 saturated heterocycles. The molecule has 0 bridgehead atoms. The molecule has 6 heteroatoms. The molecule has 0 spiro atoms. The summed E-state index contributed by atoms with van der Waals surface area (Å²) in [7, 11) is -3.50. The summed E-state index contributed by atoms with van der Waals surface area (Å²) in [5.41, 5.74) is 0. The van der Waals surface area contributed by atoms with Crippen molar-refractivity contribution in [2.45, 2.75) is 12.5 Å². The van der Waals surface area contributed by atoms with E-state index < -0.39 is 10.2 Å². The van der Waals surface area contributed by atoms with E-state index in [1.54, 1.807) is 0 Å². The lowest BCUT2D eigenvalue weighted by Crippen LogP contribution is -2.40. The second kappa shape index (κ2) is 2.83. The van der Waals surface area contributed by atoms with Gasteiger partial charge < -0.3 is 5.32 Å². The highest BCUT2D eigenvalue weighted by atomic mass is 32.2. The number of rotatable bonds is 2. The summed E-state index contributed by atoms with van der Waals surface area (Å²) in [6.45, 7) is 1.53. The highest BCUT2D eigenvalue weighted by Crippen LogP contribution is 1.96. The molecule has 1 rings (SSSR count). The van der Waals surface area contributed by atoms with E-state index >= 15 is 0 Å². The number of nitrogens with one attached hydrogen (secondary N) is 2. The average molecular weight is 165 g/mol. The SMILES string of the molecule is NS(=O)(=O)N[C@H]1CCNC1. The van der Waals surface area contributed by atoms with Crippen LogP contribution >= 0.6 is 0 Å². The summed E-state index contributed by atoms with van der Waals surface area (Å²) in [4.78, 5) is 0. The van der Waals surface area contributed by atoms with E-state index in [0.717, 1.165) is 13.0 Å². The molecule has 0 aromatic heterocycles. The van der Waals surface area contributed by atoms with Crippen LogP contribution in [0.3, 0.4) is 0 Å². The van der Waals surface area contributed by atoms with Crippen LogP contribution in [0, 0.1) is 0 Å². The van der Waals surface area contributed by atoms with Crippen molar-refractivity contribution < 1.29 is 8.42 Å². The fraction of sp³-hybridized carbons (Fsp3) is 1.00. The van der Waals surface area contributed by atoms with Gasteiger partial charge in [0.2, 0.25) is 0 Å². The predicted molar refractivity (Wildman–Crippen MR) is 37.5 cm³/mol. The van der Waals surface area contributed by atoms with Gasteiger partial charge in [-0.2, -0.15) is 13.1 Å². The molecule has 4 N–H and O–H groups in total. The quantitative estimate of drug-likeness (QED) is 0.448. The molecule has 5 nitrogen and oxygen atoms in total. The lowest BCUT2D eigenvalue weighted by atomic mass is 10.3. The summed E-state index contributed by atoms with van der Waals surface area (Å²) in [6.07, 6.45) is 0.816. The first-order valence-corrected chi connectivity index (χ1v) is 4.63. The minimum atomic E-state index is -3.50. The Balaban J connectivity index is 2.38. The van der Waals surface area contributed by atoms with E-state index in [1.807, 2.05) is 0 Å². The Kier molecular flexibility index (Phi) is 2.24. The normalized spacial score (nSPS) is 27.1. The first-order valence-electron chi connectivity index (χ1n) is 3.09. The van der Waals surface area contributed by atoms with E-state index in [-0.39, 0.29) is 6.04 Å². The molecule has 1 atom stereocenters. The van der Waals surface area contributed by atoms with Crippen molar-refractivity contribution >= 4 is 10.2 Å². The first kappa shape index (κ1) is 7.93. The molecular weight excluding hydrogens is 154 g/mol. The molecule has 0 saturated carbocycles. The molecule has 10 heavy (non-hydrogen) atoms.